The molecule has 2 heterocycles. The third-order valence-corrected chi connectivity index (χ3v) is 6.32. The minimum atomic E-state index is 0.112. The minimum Gasteiger partial charge on any atom is -0.357 e. The molecular weight excluding hydrogens is 394 g/mol. The van der Waals surface area contributed by atoms with Gasteiger partial charge in [0.15, 0.2) is 5.96 Å². The van der Waals surface area contributed by atoms with Crippen molar-refractivity contribution in [3.8, 4) is 0 Å². The molecule has 1 aliphatic heterocycles. The molecule has 2 N–H and O–H groups in total. The van der Waals surface area contributed by atoms with E-state index in [0.717, 1.165) is 56.9 Å². The number of hydrogen-bond donors (Lipinski definition) is 2. The maximum absolute atomic E-state index is 12.6. The van der Waals surface area contributed by atoms with Crippen molar-refractivity contribution in [1.82, 2.24) is 20.5 Å². The number of nitrogens with zero attached hydrogens (tertiary/aromatic N) is 3. The summed E-state index contributed by atoms with van der Waals surface area (Å²) in [7, 11) is 0. The number of piperidine rings is 1. The van der Waals surface area contributed by atoms with Crippen LogP contribution in [0.2, 0.25) is 0 Å². The van der Waals surface area contributed by atoms with E-state index in [1.54, 1.807) is 11.3 Å². The molecule has 1 fully saturated rings. The van der Waals surface area contributed by atoms with E-state index in [-0.39, 0.29) is 12.5 Å². The smallest absolute Gasteiger partial charge is 0.244 e. The minimum absolute atomic E-state index is 0.112. The molecule has 1 aromatic heterocycles. The number of carbonyl (C=O) groups is 1. The zero-order valence-electron chi connectivity index (χ0n) is 18.1. The van der Waals surface area contributed by atoms with E-state index in [1.807, 2.05) is 18.0 Å². The van der Waals surface area contributed by atoms with Gasteiger partial charge in [0.2, 0.25) is 5.91 Å². The lowest BCUT2D eigenvalue weighted by Crippen LogP contribution is -2.42. The topological polar surface area (TPSA) is 69.6 Å². The van der Waals surface area contributed by atoms with Gasteiger partial charge in [-0.2, -0.15) is 0 Å². The lowest BCUT2D eigenvalue weighted by molar-refractivity contribution is -0.130. The first kappa shape index (κ1) is 22.3. The van der Waals surface area contributed by atoms with Gasteiger partial charge in [-0.3, -0.25) is 4.79 Å². The molecule has 0 saturated carbocycles. The van der Waals surface area contributed by atoms with Crippen LogP contribution in [0.25, 0.3) is 0 Å². The molecule has 0 atom stereocenters. The molecule has 1 amide bonds. The molecule has 0 bridgehead atoms. The quantitative estimate of drug-likeness (QED) is 0.502. The van der Waals surface area contributed by atoms with Crippen LogP contribution >= 0.6 is 11.3 Å². The number of thiazole rings is 1. The van der Waals surface area contributed by atoms with E-state index in [1.165, 1.54) is 10.4 Å². The number of guanidine groups is 1. The number of aromatic nitrogens is 1. The molecule has 6 nitrogen and oxygen atoms in total. The first-order valence-electron chi connectivity index (χ1n) is 10.9. The fourth-order valence-electron chi connectivity index (χ4n) is 3.73. The predicted octanol–water partition coefficient (Wildman–Crippen LogP) is 3.03. The summed E-state index contributed by atoms with van der Waals surface area (Å²) in [6.45, 7) is 7.46. The van der Waals surface area contributed by atoms with Crippen LogP contribution in [0.15, 0.2) is 41.5 Å². The van der Waals surface area contributed by atoms with Crippen LogP contribution in [-0.2, 0) is 17.6 Å². The number of amides is 1. The summed E-state index contributed by atoms with van der Waals surface area (Å²) in [4.78, 5) is 24.7. The second kappa shape index (κ2) is 11.7. The Kier molecular flexibility index (Phi) is 8.68. The van der Waals surface area contributed by atoms with Crippen LogP contribution in [0.4, 0.5) is 0 Å². The Morgan fingerprint density at radius 2 is 2.00 bits per heavy atom. The summed E-state index contributed by atoms with van der Waals surface area (Å²) in [5, 5.41) is 7.64. The highest BCUT2D eigenvalue weighted by molar-refractivity contribution is 7.11. The zero-order valence-corrected chi connectivity index (χ0v) is 18.9. The number of rotatable bonds is 8. The normalized spacial score (nSPS) is 15.3. The number of benzene rings is 1. The van der Waals surface area contributed by atoms with Crippen molar-refractivity contribution in [2.24, 2.45) is 10.9 Å². The van der Waals surface area contributed by atoms with Gasteiger partial charge in [0.1, 0.15) is 6.54 Å². The summed E-state index contributed by atoms with van der Waals surface area (Å²) in [6.07, 6.45) is 5.99. The summed E-state index contributed by atoms with van der Waals surface area (Å²) < 4.78 is 0. The summed E-state index contributed by atoms with van der Waals surface area (Å²) in [5.74, 6) is 1.47. The fourth-order valence-corrected chi connectivity index (χ4v) is 4.51. The lowest BCUT2D eigenvalue weighted by Gasteiger charge is -2.32. The van der Waals surface area contributed by atoms with Gasteiger partial charge < -0.3 is 15.5 Å². The van der Waals surface area contributed by atoms with Crippen molar-refractivity contribution in [3.05, 3.63) is 52.0 Å². The van der Waals surface area contributed by atoms with Gasteiger partial charge in [0.25, 0.3) is 0 Å². The largest absolute Gasteiger partial charge is 0.357 e. The number of hydrogen-bond acceptors (Lipinski definition) is 4. The van der Waals surface area contributed by atoms with Crippen LogP contribution in [0.1, 0.15) is 35.2 Å². The monoisotopic (exact) mass is 427 g/mol. The molecule has 1 saturated heterocycles. The van der Waals surface area contributed by atoms with Crippen LogP contribution < -0.4 is 10.6 Å². The maximum Gasteiger partial charge on any atom is 0.244 e. The molecular formula is C23H33N5OS. The Balaban J connectivity index is 1.41. The molecule has 0 radical (unpaired) electrons. The third-order valence-electron chi connectivity index (χ3n) is 5.35. The Bertz CT molecular complexity index is 812. The number of aliphatic imine (C=N–C) groups is 1. The molecule has 1 aromatic carbocycles. The first-order valence-corrected chi connectivity index (χ1v) is 11.7. The highest BCUT2D eigenvalue weighted by Crippen LogP contribution is 2.21. The first-order chi connectivity index (χ1) is 14.6. The second-order valence-electron chi connectivity index (χ2n) is 7.75. The van der Waals surface area contributed by atoms with Crippen LogP contribution in [0, 0.1) is 12.8 Å². The van der Waals surface area contributed by atoms with Crippen LogP contribution in [0.3, 0.4) is 0 Å². The van der Waals surface area contributed by atoms with E-state index in [2.05, 4.69) is 57.9 Å². The number of likely N-dealkylation sites (tertiary alicyclic amines) is 1. The Morgan fingerprint density at radius 3 is 2.67 bits per heavy atom. The highest BCUT2D eigenvalue weighted by atomic mass is 32.1. The molecule has 0 spiro atoms. The van der Waals surface area contributed by atoms with Crippen molar-refractivity contribution in [1.29, 1.82) is 0 Å². The lowest BCUT2D eigenvalue weighted by atomic mass is 9.90. The summed E-state index contributed by atoms with van der Waals surface area (Å²) in [6, 6.07) is 10.6. The van der Waals surface area contributed by atoms with E-state index >= 15 is 0 Å². The Labute approximate surface area is 183 Å². The van der Waals surface area contributed by atoms with Crippen molar-refractivity contribution in [2.45, 2.75) is 39.5 Å². The Hall–Kier alpha value is -2.41. The SMILES string of the molecule is CCNC(=NCC(=O)N1CCC(Cc2ccccc2)CC1)NCCc1ncc(C)s1. The standard InChI is InChI=1S/C23H33N5OS/c1-3-24-23(25-12-9-21-26-16-18(2)30-21)27-17-22(29)28-13-10-20(11-14-28)15-19-7-5-4-6-8-19/h4-8,16,20H,3,9-15,17H2,1-2H3,(H2,24,25,27). The fraction of sp³-hybridized carbons (Fsp3) is 0.522. The predicted molar refractivity (Wildman–Crippen MR) is 124 cm³/mol. The van der Waals surface area contributed by atoms with Gasteiger partial charge in [-0.25, -0.2) is 9.98 Å². The second-order valence-corrected chi connectivity index (χ2v) is 9.07. The average molecular weight is 428 g/mol. The van der Waals surface area contributed by atoms with E-state index < -0.39 is 0 Å². The van der Waals surface area contributed by atoms with Crippen LogP contribution in [0.5, 0.6) is 0 Å². The van der Waals surface area contributed by atoms with Gasteiger partial charge in [-0.05, 0) is 44.6 Å². The van der Waals surface area contributed by atoms with Gasteiger partial charge in [0.05, 0.1) is 5.01 Å². The van der Waals surface area contributed by atoms with Gasteiger partial charge >= 0.3 is 0 Å². The molecule has 2 aromatic rings. The molecule has 3 rings (SSSR count). The highest BCUT2D eigenvalue weighted by Gasteiger charge is 2.22. The number of aryl methyl sites for hydroxylation is 1. The third kappa shape index (κ3) is 7.13. The molecule has 0 aliphatic carbocycles. The molecule has 0 unspecified atom stereocenters. The van der Waals surface area contributed by atoms with Crippen molar-refractivity contribution in [3.63, 3.8) is 0 Å². The number of nitrogens with one attached hydrogen (secondary N) is 2. The molecule has 1 aliphatic rings. The van der Waals surface area contributed by atoms with Gasteiger partial charge in [-0.15, -0.1) is 11.3 Å². The van der Waals surface area contributed by atoms with E-state index in [0.29, 0.717) is 11.9 Å². The van der Waals surface area contributed by atoms with Crippen molar-refractivity contribution < 1.29 is 4.79 Å². The summed E-state index contributed by atoms with van der Waals surface area (Å²) >= 11 is 1.72. The van der Waals surface area contributed by atoms with E-state index in [4.69, 9.17) is 0 Å². The van der Waals surface area contributed by atoms with Gasteiger partial charge in [0, 0.05) is 43.7 Å². The molecule has 30 heavy (non-hydrogen) atoms. The molecule has 162 valence electrons. The average Bonchev–Trinajstić information content (AvgIpc) is 3.18. The molecule has 7 heteroatoms. The number of carbonyl (C=O) groups excluding carboxylic acids is 1. The Morgan fingerprint density at radius 1 is 1.23 bits per heavy atom. The van der Waals surface area contributed by atoms with E-state index in [9.17, 15) is 4.79 Å². The summed E-state index contributed by atoms with van der Waals surface area (Å²) in [5.41, 5.74) is 1.39. The van der Waals surface area contributed by atoms with Crippen molar-refractivity contribution in [2.75, 3.05) is 32.7 Å². The van der Waals surface area contributed by atoms with Crippen LogP contribution in [-0.4, -0.2) is 54.5 Å². The maximum atomic E-state index is 12.6. The van der Waals surface area contributed by atoms with Crippen molar-refractivity contribution >= 4 is 23.2 Å². The zero-order chi connectivity index (χ0) is 21.2. The van der Waals surface area contributed by atoms with Gasteiger partial charge in [-0.1, -0.05) is 30.3 Å².